The summed E-state index contributed by atoms with van der Waals surface area (Å²) in [7, 11) is 0. The number of ketones is 1. The maximum atomic E-state index is 12.5. The molecule has 0 bridgehead atoms. The first kappa shape index (κ1) is 10.9. The van der Waals surface area contributed by atoms with E-state index in [0.717, 1.165) is 23.4 Å². The number of carbonyl (C=O) groups is 1. The van der Waals surface area contributed by atoms with Crippen LogP contribution in [0, 0.1) is 11.8 Å². The summed E-state index contributed by atoms with van der Waals surface area (Å²) in [6.07, 6.45) is 0. The molecule has 1 aromatic heterocycles. The number of hydrogen-bond acceptors (Lipinski definition) is 3. The summed E-state index contributed by atoms with van der Waals surface area (Å²) in [5, 5.41) is 6.53. The van der Waals surface area contributed by atoms with E-state index in [-0.39, 0.29) is 5.92 Å². The van der Waals surface area contributed by atoms with Gasteiger partial charge >= 0.3 is 0 Å². The van der Waals surface area contributed by atoms with Gasteiger partial charge < -0.3 is 5.32 Å². The fourth-order valence-electron chi connectivity index (χ4n) is 2.55. The first-order valence-electron chi connectivity index (χ1n) is 5.98. The predicted octanol–water partition coefficient (Wildman–Crippen LogP) is 2.94. The second-order valence-electron chi connectivity index (χ2n) is 4.75. The number of fused-ring (bicyclic) bond motifs is 1. The fraction of sp³-hybridized carbons (Fsp3) is 0.357. The van der Waals surface area contributed by atoms with Crippen LogP contribution in [0.2, 0.25) is 0 Å². The molecule has 1 aliphatic heterocycles. The largest absolute Gasteiger partial charge is 0.316 e. The topological polar surface area (TPSA) is 29.1 Å². The van der Waals surface area contributed by atoms with Crippen LogP contribution < -0.4 is 5.32 Å². The van der Waals surface area contributed by atoms with Gasteiger partial charge in [0.2, 0.25) is 0 Å². The number of rotatable bonds is 2. The Morgan fingerprint density at radius 3 is 3.00 bits per heavy atom. The van der Waals surface area contributed by atoms with Gasteiger partial charge in [0, 0.05) is 22.7 Å². The molecule has 2 nitrogen and oxygen atoms in total. The summed E-state index contributed by atoms with van der Waals surface area (Å²) in [5.74, 6) is 0.885. The first-order valence-corrected chi connectivity index (χ1v) is 6.86. The van der Waals surface area contributed by atoms with Crippen molar-refractivity contribution >= 4 is 27.2 Å². The molecule has 1 aromatic carbocycles. The Kier molecular flexibility index (Phi) is 2.73. The van der Waals surface area contributed by atoms with Crippen LogP contribution in [0.3, 0.4) is 0 Å². The minimum atomic E-state index is 0.141. The summed E-state index contributed by atoms with van der Waals surface area (Å²) in [4.78, 5) is 12.5. The summed E-state index contributed by atoms with van der Waals surface area (Å²) < 4.78 is 1.14. The van der Waals surface area contributed by atoms with Crippen LogP contribution in [0.25, 0.3) is 10.1 Å². The van der Waals surface area contributed by atoms with Crippen molar-refractivity contribution < 1.29 is 4.79 Å². The van der Waals surface area contributed by atoms with Crippen LogP contribution in [-0.4, -0.2) is 18.9 Å². The zero-order valence-corrected chi connectivity index (χ0v) is 10.6. The van der Waals surface area contributed by atoms with Crippen LogP contribution in [0.5, 0.6) is 0 Å². The average molecular weight is 245 g/mol. The van der Waals surface area contributed by atoms with E-state index in [1.54, 1.807) is 11.3 Å². The third-order valence-electron chi connectivity index (χ3n) is 3.60. The van der Waals surface area contributed by atoms with E-state index in [4.69, 9.17) is 0 Å². The Labute approximate surface area is 105 Å². The Balaban J connectivity index is 2.03. The van der Waals surface area contributed by atoms with Crippen LogP contribution in [0.15, 0.2) is 29.6 Å². The molecule has 17 heavy (non-hydrogen) atoms. The van der Waals surface area contributed by atoms with Crippen molar-refractivity contribution in [3.63, 3.8) is 0 Å². The molecule has 2 unspecified atom stereocenters. The molecule has 88 valence electrons. The van der Waals surface area contributed by atoms with Crippen LogP contribution in [0.4, 0.5) is 0 Å². The van der Waals surface area contributed by atoms with Gasteiger partial charge in [-0.2, -0.15) is 0 Å². The lowest BCUT2D eigenvalue weighted by molar-refractivity contribution is 0.0909. The molecule has 0 spiro atoms. The summed E-state index contributed by atoms with van der Waals surface area (Å²) in [6.45, 7) is 3.93. The third kappa shape index (κ3) is 1.79. The molecule has 0 radical (unpaired) electrons. The highest BCUT2D eigenvalue weighted by Gasteiger charge is 2.30. The quantitative estimate of drug-likeness (QED) is 0.824. The lowest BCUT2D eigenvalue weighted by Crippen LogP contribution is -2.21. The number of hydrogen-bond donors (Lipinski definition) is 1. The van der Waals surface area contributed by atoms with E-state index < -0.39 is 0 Å². The number of nitrogens with one attached hydrogen (secondary N) is 1. The fourth-order valence-corrected chi connectivity index (χ4v) is 3.47. The number of carbonyl (C=O) groups excluding carboxylic acids is 1. The zero-order chi connectivity index (χ0) is 11.8. The molecule has 2 heterocycles. The van der Waals surface area contributed by atoms with E-state index >= 15 is 0 Å². The van der Waals surface area contributed by atoms with Gasteiger partial charge in [-0.05, 0) is 35.4 Å². The predicted molar refractivity (Wildman–Crippen MR) is 71.7 cm³/mol. The molecule has 2 aromatic rings. The van der Waals surface area contributed by atoms with E-state index in [1.165, 1.54) is 5.39 Å². The van der Waals surface area contributed by atoms with Crippen molar-refractivity contribution in [2.24, 2.45) is 11.8 Å². The smallest absolute Gasteiger partial charge is 0.168 e. The highest BCUT2D eigenvalue weighted by Crippen LogP contribution is 2.29. The molecule has 1 N–H and O–H groups in total. The maximum absolute atomic E-state index is 12.5. The van der Waals surface area contributed by atoms with Crippen molar-refractivity contribution in [1.82, 2.24) is 5.32 Å². The van der Waals surface area contributed by atoms with Gasteiger partial charge in [0.1, 0.15) is 0 Å². The monoisotopic (exact) mass is 245 g/mol. The zero-order valence-electron chi connectivity index (χ0n) is 9.77. The molecule has 1 saturated heterocycles. The first-order chi connectivity index (χ1) is 8.27. The number of Topliss-reactive ketones (excluding diaryl/α,β-unsaturated/α-hetero) is 1. The highest BCUT2D eigenvalue weighted by atomic mass is 32.1. The molecular formula is C14H15NOS. The molecule has 0 saturated carbocycles. The van der Waals surface area contributed by atoms with Gasteiger partial charge in [-0.1, -0.05) is 19.1 Å². The van der Waals surface area contributed by atoms with E-state index in [2.05, 4.69) is 29.8 Å². The third-order valence-corrected chi connectivity index (χ3v) is 4.56. The summed E-state index contributed by atoms with van der Waals surface area (Å²) in [5.41, 5.74) is 0.901. The lowest BCUT2D eigenvalue weighted by Gasteiger charge is -2.13. The lowest BCUT2D eigenvalue weighted by atomic mass is 9.89. The molecule has 3 rings (SSSR count). The van der Waals surface area contributed by atoms with Crippen LogP contribution in [-0.2, 0) is 0 Å². The molecule has 1 fully saturated rings. The second-order valence-corrected chi connectivity index (χ2v) is 5.67. The Bertz CT molecular complexity index is 560. The van der Waals surface area contributed by atoms with Crippen LogP contribution >= 0.6 is 11.3 Å². The van der Waals surface area contributed by atoms with Crippen molar-refractivity contribution in [2.75, 3.05) is 13.1 Å². The standard InChI is InChI=1S/C14H15NOS/c1-9-7-15-8-12(9)13(16)11-4-2-3-10-5-6-17-14(10)11/h2-6,9,12,15H,7-8H2,1H3. The van der Waals surface area contributed by atoms with Crippen molar-refractivity contribution in [3.8, 4) is 0 Å². The molecule has 2 atom stereocenters. The Hall–Kier alpha value is -1.19. The Morgan fingerprint density at radius 2 is 2.24 bits per heavy atom. The summed E-state index contributed by atoms with van der Waals surface area (Å²) >= 11 is 1.66. The number of thiophene rings is 1. The number of benzene rings is 1. The van der Waals surface area contributed by atoms with Crippen molar-refractivity contribution in [1.29, 1.82) is 0 Å². The average Bonchev–Trinajstić information content (AvgIpc) is 2.95. The molecule has 3 heteroatoms. The summed E-state index contributed by atoms with van der Waals surface area (Å²) in [6, 6.07) is 8.09. The SMILES string of the molecule is CC1CNCC1C(=O)c1cccc2ccsc12. The highest BCUT2D eigenvalue weighted by molar-refractivity contribution is 7.17. The van der Waals surface area contributed by atoms with Crippen molar-refractivity contribution in [2.45, 2.75) is 6.92 Å². The van der Waals surface area contributed by atoms with E-state index in [0.29, 0.717) is 11.7 Å². The van der Waals surface area contributed by atoms with Gasteiger partial charge in [-0.25, -0.2) is 0 Å². The minimum Gasteiger partial charge on any atom is -0.316 e. The van der Waals surface area contributed by atoms with Gasteiger partial charge in [-0.15, -0.1) is 11.3 Å². The normalized spacial score (nSPS) is 24.3. The van der Waals surface area contributed by atoms with Gasteiger partial charge in [-0.3, -0.25) is 4.79 Å². The van der Waals surface area contributed by atoms with Gasteiger partial charge in [0.05, 0.1) is 0 Å². The Morgan fingerprint density at radius 1 is 1.35 bits per heavy atom. The second kappa shape index (κ2) is 4.24. The van der Waals surface area contributed by atoms with E-state index in [1.807, 2.05) is 12.1 Å². The van der Waals surface area contributed by atoms with Crippen molar-refractivity contribution in [3.05, 3.63) is 35.2 Å². The molecule has 0 aliphatic carbocycles. The molecule has 0 amide bonds. The van der Waals surface area contributed by atoms with E-state index in [9.17, 15) is 4.79 Å². The molecular weight excluding hydrogens is 230 g/mol. The van der Waals surface area contributed by atoms with Gasteiger partial charge in [0.15, 0.2) is 5.78 Å². The molecule has 1 aliphatic rings. The maximum Gasteiger partial charge on any atom is 0.168 e. The minimum absolute atomic E-state index is 0.141. The van der Waals surface area contributed by atoms with Crippen LogP contribution in [0.1, 0.15) is 17.3 Å². The van der Waals surface area contributed by atoms with Gasteiger partial charge in [0.25, 0.3) is 0 Å².